The van der Waals surface area contributed by atoms with E-state index in [1.54, 1.807) is 26.0 Å². The molecular weight excluding hydrogens is 584 g/mol. The summed E-state index contributed by atoms with van der Waals surface area (Å²) in [5.74, 6) is 3.87. The monoisotopic (exact) mass is 615 g/mol. The fourth-order valence-electron chi connectivity index (χ4n) is 4.65. The Balaban J connectivity index is 1.33. The van der Waals surface area contributed by atoms with Crippen molar-refractivity contribution in [3.8, 4) is 29.0 Å². The number of aromatic nitrogens is 3. The molecule has 4 aromatic rings. The molecule has 4 N–H and O–H groups in total. The first-order valence-corrected chi connectivity index (χ1v) is 14.2. The van der Waals surface area contributed by atoms with Crippen LogP contribution in [0.15, 0.2) is 76.6 Å². The number of hydrogen-bond acceptors (Lipinski definition) is 8. The Labute approximate surface area is 257 Å². The van der Waals surface area contributed by atoms with E-state index in [1.807, 2.05) is 0 Å². The molecule has 1 saturated heterocycles. The molecule has 0 aliphatic carbocycles. The average molecular weight is 616 g/mol. The minimum atomic E-state index is -0.910. The molecular formula is C32H31F2N7O4. The van der Waals surface area contributed by atoms with Crippen molar-refractivity contribution in [3.63, 3.8) is 0 Å². The zero-order valence-electron chi connectivity index (χ0n) is 24.6. The van der Waals surface area contributed by atoms with Crippen LogP contribution in [0.4, 0.5) is 14.5 Å². The molecule has 1 atom stereocenters. The van der Waals surface area contributed by atoms with Crippen molar-refractivity contribution in [2.75, 3.05) is 31.5 Å². The number of anilines is 1. The third-order valence-electron chi connectivity index (χ3n) is 7.04. The lowest BCUT2D eigenvalue weighted by Gasteiger charge is -2.29. The van der Waals surface area contributed by atoms with E-state index in [2.05, 4.69) is 32.4 Å². The Hall–Kier alpha value is -5.16. The number of benzene rings is 2. The zero-order valence-corrected chi connectivity index (χ0v) is 24.6. The summed E-state index contributed by atoms with van der Waals surface area (Å²) in [6.07, 6.45) is 2.19. The van der Waals surface area contributed by atoms with Crippen molar-refractivity contribution in [2.45, 2.75) is 26.1 Å². The Bertz CT molecular complexity index is 1890. The number of pyridine rings is 1. The molecule has 232 valence electrons. The average Bonchev–Trinajstić information content (AvgIpc) is 3.02. The number of piperazine rings is 1. The van der Waals surface area contributed by atoms with Crippen molar-refractivity contribution in [3.05, 3.63) is 111 Å². The van der Waals surface area contributed by atoms with Crippen molar-refractivity contribution in [1.29, 1.82) is 0 Å². The van der Waals surface area contributed by atoms with Crippen LogP contribution < -0.4 is 32.4 Å². The van der Waals surface area contributed by atoms with Crippen LogP contribution in [0.25, 0.3) is 5.69 Å². The molecule has 45 heavy (non-hydrogen) atoms. The van der Waals surface area contributed by atoms with Crippen LogP contribution in [0.3, 0.4) is 0 Å². The minimum Gasteiger partial charge on any atom is -0.454 e. The van der Waals surface area contributed by atoms with Gasteiger partial charge in [-0.3, -0.25) is 19.1 Å². The number of carbonyl (C=O) groups excluding carboxylic acids is 1. The van der Waals surface area contributed by atoms with Crippen LogP contribution in [0.1, 0.15) is 35.9 Å². The molecule has 13 heteroatoms. The van der Waals surface area contributed by atoms with Gasteiger partial charge in [0.15, 0.2) is 11.6 Å². The summed E-state index contributed by atoms with van der Waals surface area (Å²) in [7, 11) is 0. The Morgan fingerprint density at radius 2 is 1.80 bits per heavy atom. The van der Waals surface area contributed by atoms with E-state index in [0.29, 0.717) is 5.69 Å². The number of hydrogen-bond donors (Lipinski definition) is 3. The van der Waals surface area contributed by atoms with Gasteiger partial charge in [0.25, 0.3) is 11.5 Å². The van der Waals surface area contributed by atoms with Crippen LogP contribution in [0.2, 0.25) is 0 Å². The first-order valence-electron chi connectivity index (χ1n) is 14.2. The maximum Gasteiger partial charge on any atom is 0.335 e. The van der Waals surface area contributed by atoms with Crippen molar-refractivity contribution in [1.82, 2.24) is 24.3 Å². The van der Waals surface area contributed by atoms with Crippen LogP contribution in [0.5, 0.6) is 11.5 Å². The molecule has 0 bridgehead atoms. The first kappa shape index (κ1) is 31.3. The topological polar surface area (TPSA) is 137 Å². The highest BCUT2D eigenvalue weighted by Gasteiger charge is 2.21. The highest BCUT2D eigenvalue weighted by Crippen LogP contribution is 2.27. The summed E-state index contributed by atoms with van der Waals surface area (Å²) in [6, 6.07) is 11.2. The minimum absolute atomic E-state index is 0.0445. The predicted molar refractivity (Wildman–Crippen MR) is 165 cm³/mol. The third kappa shape index (κ3) is 7.32. The maximum absolute atomic E-state index is 15.1. The van der Waals surface area contributed by atoms with Crippen LogP contribution >= 0.6 is 0 Å². The van der Waals surface area contributed by atoms with E-state index in [0.717, 1.165) is 55.1 Å². The number of carbonyl (C=O) groups is 1. The molecule has 3 heterocycles. The number of amides is 1. The molecule has 0 saturated carbocycles. The lowest BCUT2D eigenvalue weighted by molar-refractivity contribution is 0.102. The smallest absolute Gasteiger partial charge is 0.335 e. The van der Waals surface area contributed by atoms with E-state index in [-0.39, 0.29) is 28.4 Å². The number of nitrogens with two attached hydrogens (primary N) is 1. The largest absolute Gasteiger partial charge is 0.454 e. The molecule has 1 amide bonds. The molecule has 1 fully saturated rings. The molecule has 11 nitrogen and oxygen atoms in total. The van der Waals surface area contributed by atoms with Gasteiger partial charge < -0.3 is 21.1 Å². The summed E-state index contributed by atoms with van der Waals surface area (Å²) in [6.45, 7) is 6.68. The van der Waals surface area contributed by atoms with Gasteiger partial charge in [-0.15, -0.1) is 0 Å². The van der Waals surface area contributed by atoms with Gasteiger partial charge in [0.2, 0.25) is 0 Å². The van der Waals surface area contributed by atoms with Crippen LogP contribution in [0, 0.1) is 23.5 Å². The number of nitrogens with one attached hydrogen (secondary N) is 2. The van der Waals surface area contributed by atoms with E-state index in [4.69, 9.17) is 10.5 Å². The highest BCUT2D eigenvalue weighted by atomic mass is 19.1. The summed E-state index contributed by atoms with van der Waals surface area (Å²) >= 11 is 0. The molecule has 0 spiro atoms. The lowest BCUT2D eigenvalue weighted by atomic mass is 10.2. The standard InChI is InChI=1S/C32H31F2N7O4/c1-20(2)40-19-26(31(43)41(32(40)44)24-7-3-21(33)4-8-24)30(42)38-23-5-9-28(27(34)18-23)45-25-11-12-37-22(17-25)6-10-29(35)39-15-13-36-14-16-39/h3-5,7-9,11-12,17-20,29,36H,13-16,35H2,1-2H3,(H,38,42). The second-order valence-corrected chi connectivity index (χ2v) is 10.5. The molecule has 1 aliphatic rings. The quantitative estimate of drug-likeness (QED) is 0.270. The fraction of sp³-hybridized carbons (Fsp3) is 0.250. The van der Waals surface area contributed by atoms with E-state index >= 15 is 4.39 Å². The SMILES string of the molecule is CC(C)n1cc(C(=O)Nc2ccc(Oc3ccnc(C#CC(N)N4CCNCC4)c3)c(F)c2)c(=O)n(-c2ccc(F)cc2)c1=O. The summed E-state index contributed by atoms with van der Waals surface area (Å²) in [5, 5.41) is 5.75. The van der Waals surface area contributed by atoms with Crippen molar-refractivity contribution < 1.29 is 18.3 Å². The van der Waals surface area contributed by atoms with Gasteiger partial charge in [-0.1, -0.05) is 5.92 Å². The van der Waals surface area contributed by atoms with Crippen LogP contribution in [-0.4, -0.2) is 57.3 Å². The Kier molecular flexibility index (Phi) is 9.48. The summed E-state index contributed by atoms with van der Waals surface area (Å²) in [4.78, 5) is 45.8. The Morgan fingerprint density at radius 1 is 1.07 bits per heavy atom. The normalized spacial score (nSPS) is 14.0. The van der Waals surface area contributed by atoms with Gasteiger partial charge in [-0.25, -0.2) is 23.1 Å². The number of halogens is 2. The molecule has 2 aromatic heterocycles. The van der Waals surface area contributed by atoms with Crippen molar-refractivity contribution in [2.24, 2.45) is 5.73 Å². The highest BCUT2D eigenvalue weighted by molar-refractivity contribution is 6.03. The second kappa shape index (κ2) is 13.6. The number of ether oxygens (including phenoxy) is 1. The molecule has 1 aliphatic heterocycles. The Morgan fingerprint density at radius 3 is 2.49 bits per heavy atom. The van der Waals surface area contributed by atoms with E-state index < -0.39 is 41.0 Å². The predicted octanol–water partition coefficient (Wildman–Crippen LogP) is 2.84. The zero-order chi connectivity index (χ0) is 32.1. The summed E-state index contributed by atoms with van der Waals surface area (Å²) in [5.41, 5.74) is 4.74. The van der Waals surface area contributed by atoms with Gasteiger partial charge in [0.05, 0.1) is 5.69 Å². The van der Waals surface area contributed by atoms with Gasteiger partial charge in [0.1, 0.15) is 29.0 Å². The van der Waals surface area contributed by atoms with Gasteiger partial charge >= 0.3 is 5.69 Å². The number of nitrogens with zero attached hydrogens (tertiary/aromatic N) is 4. The lowest BCUT2D eigenvalue weighted by Crippen LogP contribution is -2.51. The third-order valence-corrected chi connectivity index (χ3v) is 7.04. The number of rotatable bonds is 7. The van der Waals surface area contributed by atoms with E-state index in [9.17, 15) is 18.8 Å². The first-order chi connectivity index (χ1) is 21.6. The maximum atomic E-state index is 15.1. The van der Waals surface area contributed by atoms with Gasteiger partial charge in [-0.2, -0.15) is 0 Å². The van der Waals surface area contributed by atoms with Crippen molar-refractivity contribution >= 4 is 11.6 Å². The molecule has 2 aromatic carbocycles. The fourth-order valence-corrected chi connectivity index (χ4v) is 4.65. The van der Waals surface area contributed by atoms with Gasteiger partial charge in [-0.05, 0) is 62.2 Å². The van der Waals surface area contributed by atoms with Crippen LogP contribution in [-0.2, 0) is 0 Å². The second-order valence-electron chi connectivity index (χ2n) is 10.5. The van der Waals surface area contributed by atoms with E-state index in [1.165, 1.54) is 35.0 Å². The van der Waals surface area contributed by atoms with Gasteiger partial charge in [0, 0.05) is 62.4 Å². The molecule has 1 unspecified atom stereocenters. The summed E-state index contributed by atoms with van der Waals surface area (Å²) < 4.78 is 36.3. The molecule has 0 radical (unpaired) electrons. The molecule has 5 rings (SSSR count).